The Bertz CT molecular complexity index is 922. The van der Waals surface area contributed by atoms with E-state index in [1.807, 2.05) is 6.07 Å². The number of ether oxygens (including phenoxy) is 3. The Morgan fingerprint density at radius 2 is 1.83 bits per heavy atom. The molecule has 0 fully saturated rings. The van der Waals surface area contributed by atoms with Crippen molar-refractivity contribution in [1.82, 2.24) is 10.6 Å². The number of rotatable bonds is 7. The monoisotopic (exact) mass is 424 g/mol. The van der Waals surface area contributed by atoms with Crippen molar-refractivity contribution < 1.29 is 27.4 Å². The minimum Gasteiger partial charge on any atom is -0.454 e. The van der Waals surface area contributed by atoms with E-state index in [1.165, 1.54) is 12.1 Å². The van der Waals surface area contributed by atoms with Crippen LogP contribution in [0.1, 0.15) is 11.1 Å². The molecule has 0 radical (unpaired) electrons. The molecule has 2 aromatic carbocycles. The number of nitrogens with zero attached hydrogens (tertiary/aromatic N) is 2. The van der Waals surface area contributed by atoms with E-state index in [-0.39, 0.29) is 24.9 Å². The molecule has 10 heteroatoms. The normalized spacial score (nSPS) is 12.8. The molecular weight excluding hydrogens is 401 g/mol. The van der Waals surface area contributed by atoms with Gasteiger partial charge in [0.05, 0.1) is 5.69 Å². The third-order valence-corrected chi connectivity index (χ3v) is 4.40. The lowest BCUT2D eigenvalue weighted by molar-refractivity contribution is -0.0505. The van der Waals surface area contributed by atoms with Crippen molar-refractivity contribution in [3.05, 3.63) is 47.3 Å². The second kappa shape index (κ2) is 9.47. The fourth-order valence-corrected chi connectivity index (χ4v) is 2.92. The Hall–Kier alpha value is -3.30. The molecule has 0 spiro atoms. The summed E-state index contributed by atoms with van der Waals surface area (Å²) in [4.78, 5) is 5.79. The fraction of sp³-hybridized carbons (Fsp3) is 0.350. The zero-order valence-electron chi connectivity index (χ0n) is 16.8. The number of hydrogen-bond donors (Lipinski definition) is 2. The van der Waals surface area contributed by atoms with E-state index in [0.29, 0.717) is 35.3 Å². The number of aliphatic imine (C=N–C) groups is 1. The third-order valence-electron chi connectivity index (χ3n) is 4.40. The summed E-state index contributed by atoms with van der Waals surface area (Å²) >= 11 is 0. The number of anilines is 1. The lowest BCUT2D eigenvalue weighted by Crippen LogP contribution is -2.36. The van der Waals surface area contributed by atoms with Crippen LogP contribution in [-0.4, -0.2) is 40.5 Å². The maximum absolute atomic E-state index is 14.1. The van der Waals surface area contributed by atoms with E-state index < -0.39 is 6.61 Å². The molecule has 0 atom stereocenters. The molecule has 0 saturated carbocycles. The van der Waals surface area contributed by atoms with Gasteiger partial charge in [-0.25, -0.2) is 4.39 Å². The molecular formula is C20H23F3N4O3. The zero-order chi connectivity index (χ0) is 21.7. The van der Waals surface area contributed by atoms with Gasteiger partial charge in [0.25, 0.3) is 0 Å². The van der Waals surface area contributed by atoms with E-state index in [1.54, 1.807) is 38.2 Å². The predicted molar refractivity (Wildman–Crippen MR) is 107 cm³/mol. The molecule has 2 aromatic rings. The molecule has 1 aliphatic heterocycles. The Kier molecular flexibility index (Phi) is 6.76. The van der Waals surface area contributed by atoms with Gasteiger partial charge in [-0.2, -0.15) is 8.78 Å². The summed E-state index contributed by atoms with van der Waals surface area (Å²) in [6.45, 7) is -2.48. The number of fused-ring (bicyclic) bond motifs is 1. The first kappa shape index (κ1) is 21.4. The molecule has 0 saturated heterocycles. The average molecular weight is 424 g/mol. The summed E-state index contributed by atoms with van der Waals surface area (Å²) < 4.78 is 54.7. The molecule has 30 heavy (non-hydrogen) atoms. The number of guanidine groups is 1. The van der Waals surface area contributed by atoms with E-state index in [4.69, 9.17) is 9.47 Å². The van der Waals surface area contributed by atoms with Gasteiger partial charge in [0.15, 0.2) is 17.5 Å². The first-order valence-corrected chi connectivity index (χ1v) is 9.15. The van der Waals surface area contributed by atoms with Gasteiger partial charge in [-0.05, 0) is 23.8 Å². The third kappa shape index (κ3) is 5.19. The summed E-state index contributed by atoms with van der Waals surface area (Å²) in [6, 6.07) is 7.91. The maximum atomic E-state index is 14.1. The van der Waals surface area contributed by atoms with Crippen LogP contribution in [0.15, 0.2) is 35.3 Å². The molecule has 0 aliphatic carbocycles. The maximum Gasteiger partial charge on any atom is 0.387 e. The van der Waals surface area contributed by atoms with Crippen molar-refractivity contribution in [3.8, 4) is 17.2 Å². The van der Waals surface area contributed by atoms with E-state index in [2.05, 4.69) is 20.4 Å². The van der Waals surface area contributed by atoms with Crippen LogP contribution in [0.2, 0.25) is 0 Å². The molecule has 1 aliphatic rings. The van der Waals surface area contributed by atoms with Crippen LogP contribution >= 0.6 is 0 Å². The van der Waals surface area contributed by atoms with Gasteiger partial charge in [0.2, 0.25) is 6.79 Å². The lowest BCUT2D eigenvalue weighted by Gasteiger charge is -2.16. The Labute approximate surface area is 172 Å². The Morgan fingerprint density at radius 3 is 2.47 bits per heavy atom. The highest BCUT2D eigenvalue weighted by Crippen LogP contribution is 2.38. The Morgan fingerprint density at radius 1 is 1.13 bits per heavy atom. The lowest BCUT2D eigenvalue weighted by atomic mass is 10.1. The van der Waals surface area contributed by atoms with Gasteiger partial charge < -0.3 is 29.7 Å². The van der Waals surface area contributed by atoms with E-state index in [0.717, 1.165) is 5.56 Å². The van der Waals surface area contributed by atoms with Gasteiger partial charge in [-0.3, -0.25) is 4.99 Å². The van der Waals surface area contributed by atoms with E-state index >= 15 is 0 Å². The van der Waals surface area contributed by atoms with Gasteiger partial charge >= 0.3 is 6.61 Å². The zero-order valence-corrected chi connectivity index (χ0v) is 16.8. The second-order valence-corrected chi connectivity index (χ2v) is 6.65. The van der Waals surface area contributed by atoms with Gasteiger partial charge in [0, 0.05) is 45.9 Å². The quantitative estimate of drug-likeness (QED) is 0.526. The highest BCUT2D eigenvalue weighted by atomic mass is 19.3. The van der Waals surface area contributed by atoms with Crippen molar-refractivity contribution in [2.75, 3.05) is 32.8 Å². The number of benzene rings is 2. The molecule has 0 aromatic heterocycles. The molecule has 3 rings (SSSR count). The minimum atomic E-state index is -2.97. The summed E-state index contributed by atoms with van der Waals surface area (Å²) in [5, 5.41) is 6.08. The summed E-state index contributed by atoms with van der Waals surface area (Å²) in [6.07, 6.45) is 0. The fourth-order valence-electron chi connectivity index (χ4n) is 2.92. The van der Waals surface area contributed by atoms with Gasteiger partial charge in [-0.1, -0.05) is 6.07 Å². The standard InChI is InChI=1S/C20H23F3N4O3/c1-24-20(25-9-12-4-5-15(27(2)3)14(21)6-12)26-10-13-7-17-18(29-11-28-17)8-16(13)30-19(22)23/h4-8,19H,9-11H2,1-3H3,(H2,24,25,26). The number of nitrogens with one attached hydrogen (secondary N) is 2. The number of halogens is 3. The molecule has 1 heterocycles. The van der Waals surface area contributed by atoms with Gasteiger partial charge in [0.1, 0.15) is 11.6 Å². The van der Waals surface area contributed by atoms with Crippen LogP contribution in [0.25, 0.3) is 0 Å². The van der Waals surface area contributed by atoms with Crippen molar-refractivity contribution in [1.29, 1.82) is 0 Å². The van der Waals surface area contributed by atoms with Gasteiger partial charge in [-0.15, -0.1) is 0 Å². The van der Waals surface area contributed by atoms with Crippen LogP contribution in [0, 0.1) is 5.82 Å². The van der Waals surface area contributed by atoms with Crippen molar-refractivity contribution in [3.63, 3.8) is 0 Å². The molecule has 0 bridgehead atoms. The van der Waals surface area contributed by atoms with Crippen LogP contribution in [-0.2, 0) is 13.1 Å². The summed E-state index contributed by atoms with van der Waals surface area (Å²) in [5.74, 6) is 0.871. The smallest absolute Gasteiger partial charge is 0.387 e. The SMILES string of the molecule is CN=C(NCc1ccc(N(C)C)c(F)c1)NCc1cc2c(cc1OC(F)F)OCO2. The van der Waals surface area contributed by atoms with Crippen LogP contribution in [0.3, 0.4) is 0 Å². The van der Waals surface area contributed by atoms with Crippen molar-refractivity contribution >= 4 is 11.6 Å². The molecule has 0 unspecified atom stereocenters. The molecule has 0 amide bonds. The summed E-state index contributed by atoms with van der Waals surface area (Å²) in [7, 11) is 5.11. The first-order chi connectivity index (χ1) is 14.4. The topological polar surface area (TPSA) is 67.4 Å². The largest absolute Gasteiger partial charge is 0.454 e. The average Bonchev–Trinajstić information content (AvgIpc) is 3.14. The first-order valence-electron chi connectivity index (χ1n) is 9.15. The number of alkyl halides is 2. The second-order valence-electron chi connectivity index (χ2n) is 6.65. The van der Waals surface area contributed by atoms with Crippen molar-refractivity contribution in [2.45, 2.75) is 19.7 Å². The predicted octanol–water partition coefficient (Wildman–Crippen LogP) is 3.09. The van der Waals surface area contributed by atoms with Crippen LogP contribution < -0.4 is 29.7 Å². The summed E-state index contributed by atoms with van der Waals surface area (Å²) in [5.41, 5.74) is 1.67. The number of hydrogen-bond acceptors (Lipinski definition) is 5. The highest BCUT2D eigenvalue weighted by molar-refractivity contribution is 5.79. The molecule has 162 valence electrons. The van der Waals surface area contributed by atoms with Crippen LogP contribution in [0.5, 0.6) is 17.2 Å². The van der Waals surface area contributed by atoms with Crippen molar-refractivity contribution in [2.24, 2.45) is 4.99 Å². The molecule has 7 nitrogen and oxygen atoms in total. The van der Waals surface area contributed by atoms with Crippen LogP contribution in [0.4, 0.5) is 18.9 Å². The minimum absolute atomic E-state index is 0.0152. The Balaban J connectivity index is 1.64. The highest BCUT2D eigenvalue weighted by Gasteiger charge is 2.20. The molecule has 2 N–H and O–H groups in total. The van der Waals surface area contributed by atoms with E-state index in [9.17, 15) is 13.2 Å².